The van der Waals surface area contributed by atoms with Crippen LogP contribution in [0.15, 0.2) is 35.7 Å². The van der Waals surface area contributed by atoms with E-state index in [4.69, 9.17) is 0 Å². The van der Waals surface area contributed by atoms with E-state index in [-0.39, 0.29) is 0 Å². The Kier molecular flexibility index (Phi) is 2.54. The minimum atomic E-state index is 0.648. The normalized spacial score (nSPS) is 17.9. The number of likely N-dealkylation sites (N-methyl/N-ethyl adjacent to an activating group) is 1. The molecule has 3 rings (SSSR count). The second-order valence-corrected chi connectivity index (χ2v) is 5.26. The van der Waals surface area contributed by atoms with Crippen molar-refractivity contribution in [3.8, 4) is 11.1 Å². The zero-order chi connectivity index (χ0) is 11.0. The third kappa shape index (κ3) is 1.49. The van der Waals surface area contributed by atoms with Gasteiger partial charge in [-0.25, -0.2) is 0 Å². The van der Waals surface area contributed by atoms with Crippen LogP contribution in [-0.4, -0.2) is 13.6 Å². The van der Waals surface area contributed by atoms with Crippen LogP contribution in [0.2, 0.25) is 0 Å². The van der Waals surface area contributed by atoms with E-state index in [1.54, 1.807) is 4.88 Å². The SMILES string of the molecule is CNCC1Cc2ccccc2-c2ccsc21. The molecule has 1 aromatic heterocycles. The maximum absolute atomic E-state index is 3.31. The van der Waals surface area contributed by atoms with Crippen LogP contribution in [0.4, 0.5) is 0 Å². The van der Waals surface area contributed by atoms with Gasteiger partial charge < -0.3 is 5.32 Å². The number of thiophene rings is 1. The molecular formula is C14H15NS. The number of fused-ring (bicyclic) bond motifs is 3. The Morgan fingerprint density at radius 1 is 1.25 bits per heavy atom. The Morgan fingerprint density at radius 2 is 2.12 bits per heavy atom. The van der Waals surface area contributed by atoms with Gasteiger partial charge in [-0.2, -0.15) is 0 Å². The summed E-state index contributed by atoms with van der Waals surface area (Å²) in [6.07, 6.45) is 1.17. The topological polar surface area (TPSA) is 12.0 Å². The Labute approximate surface area is 100 Å². The van der Waals surface area contributed by atoms with Gasteiger partial charge in [0.2, 0.25) is 0 Å². The van der Waals surface area contributed by atoms with E-state index in [1.807, 2.05) is 18.4 Å². The standard InChI is InChI=1S/C14H15NS/c1-15-9-11-8-10-4-2-3-5-12(10)13-6-7-16-14(11)13/h2-7,11,15H,8-9H2,1H3. The highest BCUT2D eigenvalue weighted by Gasteiger charge is 2.24. The average Bonchev–Trinajstić information content (AvgIpc) is 2.79. The summed E-state index contributed by atoms with van der Waals surface area (Å²) >= 11 is 1.90. The van der Waals surface area contributed by atoms with Gasteiger partial charge in [-0.15, -0.1) is 11.3 Å². The summed E-state index contributed by atoms with van der Waals surface area (Å²) in [4.78, 5) is 1.55. The van der Waals surface area contributed by atoms with E-state index >= 15 is 0 Å². The maximum Gasteiger partial charge on any atom is 0.0171 e. The van der Waals surface area contributed by atoms with E-state index in [0.29, 0.717) is 5.92 Å². The summed E-state index contributed by atoms with van der Waals surface area (Å²) < 4.78 is 0. The molecule has 1 unspecified atom stereocenters. The summed E-state index contributed by atoms with van der Waals surface area (Å²) in [6, 6.07) is 11.1. The second kappa shape index (κ2) is 4.04. The lowest BCUT2D eigenvalue weighted by Gasteiger charge is -2.24. The number of hydrogen-bond donors (Lipinski definition) is 1. The largest absolute Gasteiger partial charge is 0.319 e. The van der Waals surface area contributed by atoms with Crippen LogP contribution in [0.1, 0.15) is 16.4 Å². The molecule has 16 heavy (non-hydrogen) atoms. The highest BCUT2D eigenvalue weighted by atomic mass is 32.1. The maximum atomic E-state index is 3.31. The number of hydrogen-bond acceptors (Lipinski definition) is 2. The zero-order valence-corrected chi connectivity index (χ0v) is 10.2. The molecule has 0 aliphatic heterocycles. The van der Waals surface area contributed by atoms with E-state index in [2.05, 4.69) is 41.0 Å². The fourth-order valence-electron chi connectivity index (χ4n) is 2.59. The lowest BCUT2D eigenvalue weighted by Crippen LogP contribution is -2.21. The average molecular weight is 229 g/mol. The predicted octanol–water partition coefficient (Wildman–Crippen LogP) is 3.27. The van der Waals surface area contributed by atoms with Crippen LogP contribution < -0.4 is 5.32 Å². The van der Waals surface area contributed by atoms with Gasteiger partial charge in [-0.05, 0) is 41.6 Å². The molecule has 1 aromatic carbocycles. The van der Waals surface area contributed by atoms with E-state index in [0.717, 1.165) is 6.54 Å². The minimum Gasteiger partial charge on any atom is -0.319 e. The van der Waals surface area contributed by atoms with Gasteiger partial charge in [0.1, 0.15) is 0 Å². The molecule has 82 valence electrons. The van der Waals surface area contributed by atoms with Gasteiger partial charge in [0.25, 0.3) is 0 Å². The Bertz CT molecular complexity index is 501. The van der Waals surface area contributed by atoms with Crippen molar-refractivity contribution >= 4 is 11.3 Å². The van der Waals surface area contributed by atoms with Gasteiger partial charge in [-0.1, -0.05) is 24.3 Å². The van der Waals surface area contributed by atoms with Gasteiger partial charge in [0.05, 0.1) is 0 Å². The quantitative estimate of drug-likeness (QED) is 0.833. The van der Waals surface area contributed by atoms with Crippen LogP contribution in [0.25, 0.3) is 11.1 Å². The molecule has 0 amide bonds. The summed E-state index contributed by atoms with van der Waals surface area (Å²) in [5.41, 5.74) is 4.38. The lowest BCUT2D eigenvalue weighted by atomic mass is 9.84. The van der Waals surface area contributed by atoms with E-state index in [1.165, 1.54) is 23.1 Å². The molecule has 1 aliphatic rings. The first-order valence-corrected chi connectivity index (χ1v) is 6.58. The second-order valence-electron chi connectivity index (χ2n) is 4.31. The lowest BCUT2D eigenvalue weighted by molar-refractivity contribution is 0.630. The van der Waals surface area contributed by atoms with Crippen molar-refractivity contribution in [2.75, 3.05) is 13.6 Å². The molecule has 0 saturated carbocycles. The smallest absolute Gasteiger partial charge is 0.0171 e. The van der Waals surface area contributed by atoms with Gasteiger partial charge >= 0.3 is 0 Å². The molecule has 0 spiro atoms. The zero-order valence-electron chi connectivity index (χ0n) is 9.36. The first-order chi connectivity index (χ1) is 7.90. The molecule has 1 nitrogen and oxygen atoms in total. The molecule has 0 fully saturated rings. The van der Waals surface area contributed by atoms with Crippen molar-refractivity contribution < 1.29 is 0 Å². The van der Waals surface area contributed by atoms with Crippen molar-refractivity contribution in [3.05, 3.63) is 46.2 Å². The van der Waals surface area contributed by atoms with Crippen LogP contribution in [0.3, 0.4) is 0 Å². The van der Waals surface area contributed by atoms with Crippen molar-refractivity contribution in [1.29, 1.82) is 0 Å². The van der Waals surface area contributed by atoms with Gasteiger partial charge in [-0.3, -0.25) is 0 Å². The van der Waals surface area contributed by atoms with Crippen LogP contribution in [0, 0.1) is 0 Å². The molecule has 1 atom stereocenters. The molecule has 1 N–H and O–H groups in total. The molecule has 2 aromatic rings. The first kappa shape index (κ1) is 10.1. The van der Waals surface area contributed by atoms with Crippen LogP contribution in [0.5, 0.6) is 0 Å². The highest BCUT2D eigenvalue weighted by Crippen LogP contribution is 2.42. The summed E-state index contributed by atoms with van der Waals surface area (Å²) in [5.74, 6) is 0.648. The molecule has 2 heteroatoms. The Hall–Kier alpha value is -1.12. The number of benzene rings is 1. The van der Waals surface area contributed by atoms with Crippen molar-refractivity contribution in [2.45, 2.75) is 12.3 Å². The van der Waals surface area contributed by atoms with Crippen molar-refractivity contribution in [3.63, 3.8) is 0 Å². The predicted molar refractivity (Wildman–Crippen MR) is 70.1 cm³/mol. The van der Waals surface area contributed by atoms with Crippen molar-refractivity contribution in [1.82, 2.24) is 5.32 Å². The molecule has 0 radical (unpaired) electrons. The third-order valence-electron chi connectivity index (χ3n) is 3.29. The van der Waals surface area contributed by atoms with E-state index in [9.17, 15) is 0 Å². The molecular weight excluding hydrogens is 214 g/mol. The third-order valence-corrected chi connectivity index (χ3v) is 4.37. The Balaban J connectivity index is 2.12. The van der Waals surface area contributed by atoms with Crippen molar-refractivity contribution in [2.24, 2.45) is 0 Å². The number of nitrogens with one attached hydrogen (secondary N) is 1. The molecule has 0 saturated heterocycles. The molecule has 1 heterocycles. The van der Waals surface area contributed by atoms with Crippen LogP contribution in [-0.2, 0) is 6.42 Å². The van der Waals surface area contributed by atoms with Gasteiger partial charge in [0.15, 0.2) is 0 Å². The van der Waals surface area contributed by atoms with Gasteiger partial charge in [0, 0.05) is 17.3 Å². The van der Waals surface area contributed by atoms with E-state index < -0.39 is 0 Å². The molecule has 1 aliphatic carbocycles. The summed E-state index contributed by atoms with van der Waals surface area (Å²) in [5, 5.41) is 5.52. The van der Waals surface area contributed by atoms with Crippen LogP contribution >= 0.6 is 11.3 Å². The highest BCUT2D eigenvalue weighted by molar-refractivity contribution is 7.10. The Morgan fingerprint density at radius 3 is 3.00 bits per heavy atom. The fourth-order valence-corrected chi connectivity index (χ4v) is 3.60. The first-order valence-electron chi connectivity index (χ1n) is 5.70. The minimum absolute atomic E-state index is 0.648. The molecule has 0 bridgehead atoms. The monoisotopic (exact) mass is 229 g/mol. The summed E-state index contributed by atoms with van der Waals surface area (Å²) in [7, 11) is 2.04. The summed E-state index contributed by atoms with van der Waals surface area (Å²) in [6.45, 7) is 1.07. The fraction of sp³-hybridized carbons (Fsp3) is 0.286. The number of rotatable bonds is 2.